The molecule has 0 amide bonds. The van der Waals surface area contributed by atoms with Crippen LogP contribution in [0.25, 0.3) is 0 Å². The molecule has 1 N–H and O–H groups in total. The standard InChI is InChI=1S/C11H9ClN4S/c1-7-5-14-3-2-8(7)6-15-11-16-10(12)9(4-13)17-11/h2-3,5H,6H2,1H3,(H,15,16). The molecular weight excluding hydrogens is 256 g/mol. The van der Waals surface area contributed by atoms with Crippen LogP contribution in [0.15, 0.2) is 18.5 Å². The second kappa shape index (κ2) is 5.13. The van der Waals surface area contributed by atoms with Crippen molar-refractivity contribution >= 4 is 28.1 Å². The number of nitriles is 1. The quantitative estimate of drug-likeness (QED) is 0.926. The number of rotatable bonds is 3. The number of pyridine rings is 1. The van der Waals surface area contributed by atoms with Gasteiger partial charge in [0.25, 0.3) is 0 Å². The number of aryl methyl sites for hydroxylation is 1. The van der Waals surface area contributed by atoms with Crippen LogP contribution in [0.5, 0.6) is 0 Å². The Bertz CT molecular complexity index is 573. The molecule has 0 unspecified atom stereocenters. The van der Waals surface area contributed by atoms with E-state index in [0.717, 1.165) is 11.1 Å². The van der Waals surface area contributed by atoms with Crippen LogP contribution < -0.4 is 5.32 Å². The first kappa shape index (κ1) is 11.8. The molecule has 0 spiro atoms. The molecule has 2 aromatic heterocycles. The number of halogens is 1. The molecule has 0 aromatic carbocycles. The molecule has 0 aliphatic carbocycles. The summed E-state index contributed by atoms with van der Waals surface area (Å²) in [6, 6.07) is 3.95. The molecule has 0 atom stereocenters. The van der Waals surface area contributed by atoms with Gasteiger partial charge in [-0.05, 0) is 24.1 Å². The maximum atomic E-state index is 8.76. The Balaban J connectivity index is 2.08. The third kappa shape index (κ3) is 2.73. The maximum Gasteiger partial charge on any atom is 0.185 e. The molecule has 86 valence electrons. The third-order valence-corrected chi connectivity index (χ3v) is 3.56. The fraction of sp³-hybridized carbons (Fsp3) is 0.182. The first-order valence-corrected chi connectivity index (χ1v) is 6.10. The van der Waals surface area contributed by atoms with Gasteiger partial charge in [0.1, 0.15) is 10.9 Å². The summed E-state index contributed by atoms with van der Waals surface area (Å²) in [6.45, 7) is 2.64. The van der Waals surface area contributed by atoms with Gasteiger partial charge in [0, 0.05) is 18.9 Å². The van der Waals surface area contributed by atoms with E-state index in [0.29, 0.717) is 16.6 Å². The van der Waals surface area contributed by atoms with Crippen molar-refractivity contribution in [2.75, 3.05) is 5.32 Å². The number of hydrogen-bond donors (Lipinski definition) is 1. The minimum absolute atomic E-state index is 0.256. The molecule has 2 rings (SSSR count). The fourth-order valence-electron chi connectivity index (χ4n) is 1.32. The van der Waals surface area contributed by atoms with Crippen molar-refractivity contribution in [2.45, 2.75) is 13.5 Å². The lowest BCUT2D eigenvalue weighted by atomic mass is 10.2. The van der Waals surface area contributed by atoms with Gasteiger partial charge in [-0.1, -0.05) is 22.9 Å². The first-order chi connectivity index (χ1) is 8.20. The lowest BCUT2D eigenvalue weighted by molar-refractivity contribution is 1.08. The van der Waals surface area contributed by atoms with Gasteiger partial charge in [0.2, 0.25) is 0 Å². The molecule has 0 aliphatic rings. The van der Waals surface area contributed by atoms with E-state index >= 15 is 0 Å². The largest absolute Gasteiger partial charge is 0.357 e. The molecule has 0 radical (unpaired) electrons. The minimum Gasteiger partial charge on any atom is -0.357 e. The van der Waals surface area contributed by atoms with Crippen molar-refractivity contribution < 1.29 is 0 Å². The molecular formula is C11H9ClN4S. The summed E-state index contributed by atoms with van der Waals surface area (Å²) in [7, 11) is 0. The van der Waals surface area contributed by atoms with Crippen LogP contribution in [0.2, 0.25) is 5.15 Å². The van der Waals surface area contributed by atoms with E-state index in [1.807, 2.05) is 25.3 Å². The van der Waals surface area contributed by atoms with Crippen molar-refractivity contribution in [1.82, 2.24) is 9.97 Å². The second-order valence-corrected chi connectivity index (χ2v) is 4.76. The summed E-state index contributed by atoms with van der Waals surface area (Å²) in [5, 5.41) is 12.8. The van der Waals surface area contributed by atoms with Gasteiger partial charge < -0.3 is 5.32 Å². The van der Waals surface area contributed by atoms with Gasteiger partial charge in [-0.25, -0.2) is 4.98 Å². The fourth-order valence-corrected chi connectivity index (χ4v) is 2.26. The molecule has 0 saturated heterocycles. The molecule has 17 heavy (non-hydrogen) atoms. The van der Waals surface area contributed by atoms with Gasteiger partial charge in [-0.3, -0.25) is 4.98 Å². The number of anilines is 1. The Hall–Kier alpha value is -1.64. The van der Waals surface area contributed by atoms with E-state index in [9.17, 15) is 0 Å². The van der Waals surface area contributed by atoms with Crippen LogP contribution in [-0.2, 0) is 6.54 Å². The van der Waals surface area contributed by atoms with E-state index in [-0.39, 0.29) is 5.15 Å². The van der Waals surface area contributed by atoms with E-state index in [4.69, 9.17) is 16.9 Å². The average Bonchev–Trinajstić information content (AvgIpc) is 2.69. The SMILES string of the molecule is Cc1cnccc1CNc1nc(Cl)c(C#N)s1. The van der Waals surface area contributed by atoms with Gasteiger partial charge in [-0.2, -0.15) is 5.26 Å². The number of nitrogens with zero attached hydrogens (tertiary/aromatic N) is 3. The van der Waals surface area contributed by atoms with E-state index < -0.39 is 0 Å². The smallest absolute Gasteiger partial charge is 0.185 e. The number of hydrogen-bond acceptors (Lipinski definition) is 5. The van der Waals surface area contributed by atoms with E-state index in [1.165, 1.54) is 11.3 Å². The highest BCUT2D eigenvalue weighted by molar-refractivity contribution is 7.16. The highest BCUT2D eigenvalue weighted by Crippen LogP contribution is 2.26. The van der Waals surface area contributed by atoms with Crippen molar-refractivity contribution in [2.24, 2.45) is 0 Å². The zero-order valence-electron chi connectivity index (χ0n) is 9.07. The predicted molar refractivity (Wildman–Crippen MR) is 68.1 cm³/mol. The van der Waals surface area contributed by atoms with Gasteiger partial charge in [0.05, 0.1) is 0 Å². The summed E-state index contributed by atoms with van der Waals surface area (Å²) >= 11 is 7.04. The molecule has 2 heterocycles. The van der Waals surface area contributed by atoms with Gasteiger partial charge in [0.15, 0.2) is 10.3 Å². The Kier molecular flexibility index (Phi) is 3.57. The van der Waals surface area contributed by atoms with Crippen molar-refractivity contribution in [3.63, 3.8) is 0 Å². The zero-order valence-corrected chi connectivity index (χ0v) is 10.6. The summed E-state index contributed by atoms with van der Waals surface area (Å²) in [5.41, 5.74) is 2.26. The normalized spacial score (nSPS) is 9.94. The Morgan fingerprint density at radius 1 is 1.59 bits per heavy atom. The van der Waals surface area contributed by atoms with Gasteiger partial charge >= 0.3 is 0 Å². The molecule has 2 aromatic rings. The van der Waals surface area contributed by atoms with Crippen LogP contribution in [0.3, 0.4) is 0 Å². The van der Waals surface area contributed by atoms with Crippen LogP contribution in [-0.4, -0.2) is 9.97 Å². The number of nitrogens with one attached hydrogen (secondary N) is 1. The van der Waals surface area contributed by atoms with Crippen molar-refractivity contribution in [1.29, 1.82) is 5.26 Å². The topological polar surface area (TPSA) is 61.6 Å². The molecule has 6 heteroatoms. The highest BCUT2D eigenvalue weighted by Gasteiger charge is 2.08. The molecule has 4 nitrogen and oxygen atoms in total. The molecule has 0 fully saturated rings. The molecule has 0 saturated carbocycles. The first-order valence-electron chi connectivity index (χ1n) is 4.90. The van der Waals surface area contributed by atoms with Crippen molar-refractivity contribution in [3.8, 4) is 6.07 Å². The van der Waals surface area contributed by atoms with Crippen LogP contribution in [0.4, 0.5) is 5.13 Å². The summed E-state index contributed by atoms with van der Waals surface area (Å²) in [5.74, 6) is 0. The summed E-state index contributed by atoms with van der Waals surface area (Å²) in [6.07, 6.45) is 3.56. The zero-order chi connectivity index (χ0) is 12.3. The number of thiazole rings is 1. The van der Waals surface area contributed by atoms with Gasteiger partial charge in [-0.15, -0.1) is 0 Å². The molecule has 0 bridgehead atoms. The lowest BCUT2D eigenvalue weighted by Crippen LogP contribution is -2.00. The average molecular weight is 265 g/mol. The Labute approximate surface area is 108 Å². The van der Waals surface area contributed by atoms with Crippen LogP contribution >= 0.6 is 22.9 Å². The van der Waals surface area contributed by atoms with Crippen LogP contribution in [0.1, 0.15) is 16.0 Å². The maximum absolute atomic E-state index is 8.76. The van der Waals surface area contributed by atoms with E-state index in [2.05, 4.69) is 15.3 Å². The van der Waals surface area contributed by atoms with Crippen molar-refractivity contribution in [3.05, 3.63) is 39.6 Å². The molecule has 0 aliphatic heterocycles. The number of aromatic nitrogens is 2. The monoisotopic (exact) mass is 264 g/mol. The Morgan fingerprint density at radius 2 is 2.41 bits per heavy atom. The highest BCUT2D eigenvalue weighted by atomic mass is 35.5. The predicted octanol–water partition coefficient (Wildman–Crippen LogP) is 2.98. The lowest BCUT2D eigenvalue weighted by Gasteiger charge is -2.05. The van der Waals surface area contributed by atoms with E-state index in [1.54, 1.807) is 6.20 Å². The minimum atomic E-state index is 0.256. The third-order valence-electron chi connectivity index (χ3n) is 2.25. The summed E-state index contributed by atoms with van der Waals surface area (Å²) in [4.78, 5) is 8.52. The van der Waals surface area contributed by atoms with Crippen LogP contribution in [0, 0.1) is 18.3 Å². The second-order valence-electron chi connectivity index (χ2n) is 3.41. The summed E-state index contributed by atoms with van der Waals surface area (Å²) < 4.78 is 0. The Morgan fingerprint density at radius 3 is 3.06 bits per heavy atom.